The number of hydrogen-bond donors (Lipinski definition) is 3. The quantitative estimate of drug-likeness (QED) is 0.112. The van der Waals surface area contributed by atoms with Gasteiger partial charge in [-0.2, -0.15) is 9.97 Å². The van der Waals surface area contributed by atoms with Crippen LogP contribution in [0.3, 0.4) is 0 Å². The maximum atomic E-state index is 14.2. The third-order valence-electron chi connectivity index (χ3n) is 8.71. The molecule has 6 atom stereocenters. The Morgan fingerprint density at radius 1 is 1.10 bits per heavy atom. The molecule has 3 aromatic rings. The fourth-order valence-corrected chi connectivity index (χ4v) is 8.19. The second-order valence-electron chi connectivity index (χ2n) is 13.7. The number of amides is 1. The van der Waals surface area contributed by atoms with Gasteiger partial charge in [0.2, 0.25) is 11.2 Å². The van der Waals surface area contributed by atoms with Crippen molar-refractivity contribution >= 4 is 53.9 Å². The number of halogens is 1. The maximum Gasteiger partial charge on any atom is 0.326 e. The first-order valence-corrected chi connectivity index (χ1v) is 19.6. The van der Waals surface area contributed by atoms with Crippen LogP contribution in [0.2, 0.25) is 5.28 Å². The highest BCUT2D eigenvalue weighted by Gasteiger charge is 2.49. The molecule has 1 amide bonds. The van der Waals surface area contributed by atoms with E-state index in [1.165, 1.54) is 29.8 Å². The molecule has 52 heavy (non-hydrogen) atoms. The molecule has 0 bridgehead atoms. The summed E-state index contributed by atoms with van der Waals surface area (Å²) >= 11 is 6.34. The van der Waals surface area contributed by atoms with Gasteiger partial charge in [-0.05, 0) is 57.3 Å². The number of imidazole rings is 1. The molecular formula is C34H47ClN7O9P. The number of benzene rings is 1. The predicted molar refractivity (Wildman–Crippen MR) is 192 cm³/mol. The third kappa shape index (κ3) is 9.58. The lowest BCUT2D eigenvalue weighted by atomic mass is 10.1. The minimum absolute atomic E-state index is 0.0329. The fourth-order valence-electron chi connectivity index (χ4n) is 6.06. The summed E-state index contributed by atoms with van der Waals surface area (Å²) in [5.74, 6) is -1.72. The molecule has 2 aromatic heterocycles. The molecule has 5 rings (SSSR count). The zero-order valence-corrected chi connectivity index (χ0v) is 31.8. The van der Waals surface area contributed by atoms with Crippen molar-refractivity contribution in [2.24, 2.45) is 5.92 Å². The lowest BCUT2D eigenvalue weighted by molar-refractivity contribution is -0.160. The number of carbonyl (C=O) groups excluding carboxylic acids is 3. The third-order valence-corrected chi connectivity index (χ3v) is 10.9. The maximum absolute atomic E-state index is 14.2. The number of rotatable bonds is 15. The van der Waals surface area contributed by atoms with Crippen LogP contribution in [0.1, 0.15) is 66.5 Å². The summed E-state index contributed by atoms with van der Waals surface area (Å²) in [6.45, 7) is 7.96. The molecule has 0 radical (unpaired) electrons. The summed E-state index contributed by atoms with van der Waals surface area (Å²) in [5.41, 5.74) is 0.713. The van der Waals surface area contributed by atoms with Gasteiger partial charge in [-0.3, -0.25) is 23.5 Å². The molecule has 1 saturated heterocycles. The van der Waals surface area contributed by atoms with Crippen molar-refractivity contribution in [1.82, 2.24) is 29.5 Å². The van der Waals surface area contributed by atoms with Crippen LogP contribution in [0, 0.1) is 5.92 Å². The molecule has 1 aromatic carbocycles. The summed E-state index contributed by atoms with van der Waals surface area (Å²) in [5, 5.41) is 17.7. The van der Waals surface area contributed by atoms with Crippen LogP contribution < -0.4 is 14.9 Å². The van der Waals surface area contributed by atoms with Gasteiger partial charge in [0.25, 0.3) is 0 Å². The highest BCUT2D eigenvalue weighted by molar-refractivity contribution is 7.58. The molecule has 1 aliphatic carbocycles. The molecule has 284 valence electrons. The minimum atomic E-state index is -4.07. The van der Waals surface area contributed by atoms with Crippen molar-refractivity contribution in [3.63, 3.8) is 0 Å². The highest BCUT2D eigenvalue weighted by atomic mass is 35.5. The van der Waals surface area contributed by atoms with Crippen molar-refractivity contribution in [2.45, 2.75) is 103 Å². The van der Waals surface area contributed by atoms with Crippen molar-refractivity contribution in [2.75, 3.05) is 25.1 Å². The van der Waals surface area contributed by atoms with Gasteiger partial charge in [0.05, 0.1) is 24.9 Å². The Labute approximate surface area is 307 Å². The number of aliphatic hydroxyl groups excluding tert-OH is 1. The Morgan fingerprint density at radius 2 is 1.79 bits per heavy atom. The summed E-state index contributed by atoms with van der Waals surface area (Å²) in [6, 6.07) is 7.40. The minimum Gasteiger partial charge on any atom is -0.462 e. The van der Waals surface area contributed by atoms with Crippen LogP contribution >= 0.6 is 19.1 Å². The van der Waals surface area contributed by atoms with Crippen LogP contribution in [0.15, 0.2) is 36.7 Å². The van der Waals surface area contributed by atoms with Crippen LogP contribution in [0.4, 0.5) is 5.82 Å². The van der Waals surface area contributed by atoms with Crippen LogP contribution in [-0.2, 0) is 33.2 Å². The topological polar surface area (TPSA) is 196 Å². The molecule has 1 saturated carbocycles. The SMILES string of the molecule is CC(C)OC(=O)[C@H](C)NP(=O)(CC(=O)N(C)C[C@H]1O[C@@H](n2cnc3c(NC4CCCC4)nc(Cl)nc32)[C@H](O)[C@@H]1OC(=O)C(C)C)Oc1ccccc1. The van der Waals surface area contributed by atoms with Gasteiger partial charge in [-0.25, -0.2) is 10.1 Å². The standard InChI is InChI=1S/C34H47ClN7O9P/c1-19(2)32(45)50-28-24(49-31(27(28)44)42-18-36-26-29(37-22-12-10-11-13-22)38-34(35)39-30(26)42)16-41(6)25(43)17-52(47,51-23-14-8-7-9-15-23)40-21(5)33(46)48-20(3)4/h7-9,14-15,18-22,24,27-28,31,44H,10-13,16-17H2,1-6H3,(H,40,47)(H,37,38,39)/t21-,24+,27+,28+,31+,52?/m0/s1. The van der Waals surface area contributed by atoms with E-state index in [0.717, 1.165) is 25.7 Å². The second-order valence-corrected chi connectivity index (χ2v) is 16.2. The average Bonchev–Trinajstić information content (AvgIpc) is 3.81. The number of nitrogens with one attached hydrogen (secondary N) is 2. The van der Waals surface area contributed by atoms with Crippen LogP contribution in [0.5, 0.6) is 5.75 Å². The van der Waals surface area contributed by atoms with Gasteiger partial charge in [-0.1, -0.05) is 44.9 Å². The van der Waals surface area contributed by atoms with Crippen molar-refractivity contribution < 1.29 is 42.8 Å². The van der Waals surface area contributed by atoms with E-state index in [-0.39, 0.29) is 23.6 Å². The Balaban J connectivity index is 1.37. The van der Waals surface area contributed by atoms with E-state index in [0.29, 0.717) is 17.0 Å². The number of fused-ring (bicyclic) bond motifs is 1. The number of esters is 2. The largest absolute Gasteiger partial charge is 0.462 e. The monoisotopic (exact) mass is 763 g/mol. The lowest BCUT2D eigenvalue weighted by Gasteiger charge is -2.28. The van der Waals surface area contributed by atoms with Gasteiger partial charge < -0.3 is 34.1 Å². The number of para-hydroxylation sites is 1. The normalized spacial score (nSPS) is 22.3. The summed E-state index contributed by atoms with van der Waals surface area (Å²) in [6.07, 6.45) is -0.244. The number of ether oxygens (including phenoxy) is 3. The van der Waals surface area contributed by atoms with E-state index in [1.807, 2.05) is 0 Å². The van der Waals surface area contributed by atoms with E-state index in [4.69, 9.17) is 30.3 Å². The Kier molecular flexibility index (Phi) is 12.8. The van der Waals surface area contributed by atoms with Crippen molar-refractivity contribution in [1.29, 1.82) is 0 Å². The number of likely N-dealkylation sites (N-methyl/N-ethyl adjacent to an activating group) is 1. The zero-order valence-electron chi connectivity index (χ0n) is 30.1. The fraction of sp³-hybridized carbons (Fsp3) is 0.588. The van der Waals surface area contributed by atoms with E-state index in [1.54, 1.807) is 58.0 Å². The van der Waals surface area contributed by atoms with E-state index in [9.17, 15) is 24.1 Å². The number of hydrogen-bond acceptors (Lipinski definition) is 13. The molecule has 2 aliphatic rings. The van der Waals surface area contributed by atoms with Gasteiger partial charge in [-0.15, -0.1) is 0 Å². The van der Waals surface area contributed by atoms with Crippen LogP contribution in [0.25, 0.3) is 11.2 Å². The molecule has 1 aliphatic heterocycles. The zero-order chi connectivity index (χ0) is 37.7. The molecular weight excluding hydrogens is 717 g/mol. The number of carbonyl (C=O) groups is 3. The molecule has 1 unspecified atom stereocenters. The second kappa shape index (κ2) is 16.9. The molecule has 18 heteroatoms. The summed E-state index contributed by atoms with van der Waals surface area (Å²) < 4.78 is 38.8. The lowest BCUT2D eigenvalue weighted by Crippen LogP contribution is -2.45. The first-order valence-electron chi connectivity index (χ1n) is 17.4. The summed E-state index contributed by atoms with van der Waals surface area (Å²) in [7, 11) is -2.62. The molecule has 2 fully saturated rings. The smallest absolute Gasteiger partial charge is 0.326 e. The van der Waals surface area contributed by atoms with Crippen molar-refractivity contribution in [3.05, 3.63) is 41.9 Å². The van der Waals surface area contributed by atoms with Gasteiger partial charge in [0.1, 0.15) is 30.2 Å². The van der Waals surface area contributed by atoms with Gasteiger partial charge >= 0.3 is 19.5 Å². The molecule has 0 spiro atoms. The van der Waals surface area contributed by atoms with E-state index in [2.05, 4.69) is 25.4 Å². The number of anilines is 1. The first kappa shape index (κ1) is 39.4. The van der Waals surface area contributed by atoms with E-state index < -0.39 is 74.1 Å². The van der Waals surface area contributed by atoms with Crippen LogP contribution in [-0.4, -0.2) is 104 Å². The Hall–Kier alpha value is -3.82. The number of nitrogens with zero attached hydrogens (tertiary/aromatic N) is 5. The van der Waals surface area contributed by atoms with Gasteiger partial charge in [0.15, 0.2) is 29.3 Å². The number of aromatic nitrogens is 4. The molecule has 3 N–H and O–H groups in total. The summed E-state index contributed by atoms with van der Waals surface area (Å²) in [4.78, 5) is 53.6. The van der Waals surface area contributed by atoms with E-state index >= 15 is 0 Å². The average molecular weight is 764 g/mol. The first-order chi connectivity index (χ1) is 24.6. The highest BCUT2D eigenvalue weighted by Crippen LogP contribution is 2.44. The Morgan fingerprint density at radius 3 is 2.44 bits per heavy atom. The molecule has 3 heterocycles. The number of aliphatic hydroxyl groups is 1. The molecule has 16 nitrogen and oxygen atoms in total. The van der Waals surface area contributed by atoms with Gasteiger partial charge in [0, 0.05) is 13.1 Å². The predicted octanol–water partition coefficient (Wildman–Crippen LogP) is 4.32. The van der Waals surface area contributed by atoms with Crippen molar-refractivity contribution in [3.8, 4) is 5.75 Å². The Bertz CT molecular complexity index is 1770.